The standard InChI is InChI=1S/C15H10Cl2N6O4/c16-8-3-1-4-9(11(8)17)20-13-12(23(25)26)14(19-7-18-13)21-22-15(24)10-5-2-6-27-10/h1-7H,(H,22,24)(H2,18,19,20,21). The molecule has 0 spiro atoms. The third-order valence-corrected chi connectivity index (χ3v) is 4.07. The first-order valence-corrected chi connectivity index (χ1v) is 8.03. The largest absolute Gasteiger partial charge is 0.459 e. The van der Waals surface area contributed by atoms with E-state index in [4.69, 9.17) is 27.6 Å². The van der Waals surface area contributed by atoms with Crippen LogP contribution in [-0.2, 0) is 0 Å². The van der Waals surface area contributed by atoms with Crippen LogP contribution < -0.4 is 16.2 Å². The molecule has 12 heteroatoms. The van der Waals surface area contributed by atoms with Crippen molar-refractivity contribution in [3.63, 3.8) is 0 Å². The van der Waals surface area contributed by atoms with Gasteiger partial charge in [-0.3, -0.25) is 25.8 Å². The maximum absolute atomic E-state index is 11.9. The number of hydrogen-bond donors (Lipinski definition) is 3. The zero-order valence-corrected chi connectivity index (χ0v) is 14.8. The zero-order chi connectivity index (χ0) is 19.4. The van der Waals surface area contributed by atoms with Gasteiger partial charge in [-0.15, -0.1) is 0 Å². The van der Waals surface area contributed by atoms with Gasteiger partial charge in [0.25, 0.3) is 0 Å². The van der Waals surface area contributed by atoms with Gasteiger partial charge in [-0.1, -0.05) is 29.3 Å². The van der Waals surface area contributed by atoms with Crippen LogP contribution in [0.25, 0.3) is 0 Å². The molecule has 0 bridgehead atoms. The van der Waals surface area contributed by atoms with Crippen molar-refractivity contribution in [2.24, 2.45) is 0 Å². The van der Waals surface area contributed by atoms with Crippen molar-refractivity contribution >= 4 is 52.1 Å². The number of benzene rings is 1. The van der Waals surface area contributed by atoms with Gasteiger partial charge in [0.05, 0.1) is 26.9 Å². The van der Waals surface area contributed by atoms with Crippen LogP contribution in [0.1, 0.15) is 10.6 Å². The van der Waals surface area contributed by atoms with Crippen molar-refractivity contribution in [2.75, 3.05) is 10.7 Å². The molecule has 3 aromatic rings. The summed E-state index contributed by atoms with van der Waals surface area (Å²) in [6.45, 7) is 0. The molecule has 1 amide bonds. The summed E-state index contributed by atoms with van der Waals surface area (Å²) < 4.78 is 4.93. The minimum atomic E-state index is -0.706. The highest BCUT2D eigenvalue weighted by molar-refractivity contribution is 6.43. The van der Waals surface area contributed by atoms with Crippen molar-refractivity contribution in [1.29, 1.82) is 0 Å². The number of nitro groups is 1. The molecule has 10 nitrogen and oxygen atoms in total. The summed E-state index contributed by atoms with van der Waals surface area (Å²) in [5.74, 6) is -1.01. The Bertz CT molecular complexity index is 996. The van der Waals surface area contributed by atoms with E-state index in [0.29, 0.717) is 5.69 Å². The maximum Gasteiger partial charge on any atom is 0.355 e. The van der Waals surface area contributed by atoms with Crippen molar-refractivity contribution < 1.29 is 14.1 Å². The van der Waals surface area contributed by atoms with Crippen LogP contribution in [0, 0.1) is 10.1 Å². The van der Waals surface area contributed by atoms with E-state index in [1.54, 1.807) is 18.2 Å². The van der Waals surface area contributed by atoms with Crippen LogP contribution in [0.15, 0.2) is 47.3 Å². The van der Waals surface area contributed by atoms with Crippen LogP contribution in [0.5, 0.6) is 0 Å². The van der Waals surface area contributed by atoms with Gasteiger partial charge in [0.15, 0.2) is 5.76 Å². The predicted octanol–water partition coefficient (Wildman–Crippen LogP) is 3.79. The summed E-state index contributed by atoms with van der Waals surface area (Å²) in [7, 11) is 0. The van der Waals surface area contributed by atoms with Gasteiger partial charge >= 0.3 is 11.6 Å². The lowest BCUT2D eigenvalue weighted by molar-refractivity contribution is -0.383. The second kappa shape index (κ2) is 7.89. The van der Waals surface area contributed by atoms with Crippen LogP contribution in [0.2, 0.25) is 10.0 Å². The number of furan rings is 1. The Kier molecular flexibility index (Phi) is 5.38. The van der Waals surface area contributed by atoms with Crippen molar-refractivity contribution in [1.82, 2.24) is 15.4 Å². The van der Waals surface area contributed by atoms with E-state index >= 15 is 0 Å². The summed E-state index contributed by atoms with van der Waals surface area (Å²) in [4.78, 5) is 30.4. The summed E-state index contributed by atoms with van der Waals surface area (Å²) in [5, 5.41) is 14.7. The fraction of sp³-hybridized carbons (Fsp3) is 0. The first-order chi connectivity index (χ1) is 13.0. The molecule has 3 rings (SSSR count). The SMILES string of the molecule is O=C(NNc1ncnc(Nc2cccc(Cl)c2Cl)c1[N+](=O)[O-])c1ccco1. The number of nitrogens with one attached hydrogen (secondary N) is 3. The van der Waals surface area contributed by atoms with Gasteiger partial charge in [-0.25, -0.2) is 9.97 Å². The van der Waals surface area contributed by atoms with Crippen LogP contribution in [-0.4, -0.2) is 20.8 Å². The molecular formula is C15H10Cl2N6O4. The molecule has 0 saturated carbocycles. The van der Waals surface area contributed by atoms with Gasteiger partial charge in [0, 0.05) is 0 Å². The molecule has 2 heterocycles. The number of hydrogen-bond acceptors (Lipinski definition) is 8. The first kappa shape index (κ1) is 18.4. The van der Waals surface area contributed by atoms with E-state index in [2.05, 4.69) is 26.1 Å². The second-order valence-electron chi connectivity index (χ2n) is 4.96. The lowest BCUT2D eigenvalue weighted by atomic mass is 10.3. The zero-order valence-electron chi connectivity index (χ0n) is 13.3. The molecule has 0 atom stereocenters. The van der Waals surface area contributed by atoms with E-state index in [9.17, 15) is 14.9 Å². The molecular weight excluding hydrogens is 399 g/mol. The summed E-state index contributed by atoms with van der Waals surface area (Å²) >= 11 is 12.0. The summed E-state index contributed by atoms with van der Waals surface area (Å²) in [6, 6.07) is 7.72. The van der Waals surface area contributed by atoms with E-state index in [-0.39, 0.29) is 27.4 Å². The molecule has 0 radical (unpaired) electrons. The number of anilines is 3. The smallest absolute Gasteiger partial charge is 0.355 e. The average molecular weight is 409 g/mol. The van der Waals surface area contributed by atoms with E-state index in [1.807, 2.05) is 0 Å². The molecule has 27 heavy (non-hydrogen) atoms. The number of carbonyl (C=O) groups excluding carboxylic acids is 1. The molecule has 0 aliphatic heterocycles. The van der Waals surface area contributed by atoms with Crippen LogP contribution in [0.4, 0.5) is 23.0 Å². The Hall–Kier alpha value is -3.37. The number of aromatic nitrogens is 2. The highest BCUT2D eigenvalue weighted by Crippen LogP contribution is 2.35. The van der Waals surface area contributed by atoms with Crippen LogP contribution >= 0.6 is 23.2 Å². The number of hydrazine groups is 1. The van der Waals surface area contributed by atoms with Gasteiger partial charge < -0.3 is 9.73 Å². The minimum absolute atomic E-state index is 0.0169. The lowest BCUT2D eigenvalue weighted by Gasteiger charge is -2.11. The third kappa shape index (κ3) is 4.07. The third-order valence-electron chi connectivity index (χ3n) is 3.25. The van der Waals surface area contributed by atoms with Crippen LogP contribution in [0.3, 0.4) is 0 Å². The number of nitrogens with zero attached hydrogens (tertiary/aromatic N) is 3. The first-order valence-electron chi connectivity index (χ1n) is 7.27. The molecule has 1 aromatic carbocycles. The molecule has 0 aliphatic carbocycles. The monoisotopic (exact) mass is 408 g/mol. The van der Waals surface area contributed by atoms with Gasteiger partial charge in [-0.05, 0) is 24.3 Å². The van der Waals surface area contributed by atoms with Gasteiger partial charge in [0.1, 0.15) is 6.33 Å². The summed E-state index contributed by atoms with van der Waals surface area (Å²) in [6.07, 6.45) is 2.40. The molecule has 0 unspecified atom stereocenters. The number of amides is 1. The normalized spacial score (nSPS) is 10.3. The Morgan fingerprint density at radius 3 is 2.63 bits per heavy atom. The molecule has 0 saturated heterocycles. The number of halogens is 2. The van der Waals surface area contributed by atoms with E-state index in [1.165, 1.54) is 18.4 Å². The van der Waals surface area contributed by atoms with Crippen molar-refractivity contribution in [3.05, 3.63) is 68.8 Å². The number of carbonyl (C=O) groups is 1. The minimum Gasteiger partial charge on any atom is -0.459 e. The molecule has 0 fully saturated rings. The number of rotatable bonds is 6. The highest BCUT2D eigenvalue weighted by atomic mass is 35.5. The Balaban J connectivity index is 1.87. The molecule has 2 aromatic heterocycles. The summed E-state index contributed by atoms with van der Waals surface area (Å²) in [5.41, 5.74) is 4.45. The topological polar surface area (TPSA) is 135 Å². The fourth-order valence-electron chi connectivity index (χ4n) is 2.05. The highest BCUT2D eigenvalue weighted by Gasteiger charge is 2.24. The van der Waals surface area contributed by atoms with E-state index in [0.717, 1.165) is 6.33 Å². The molecule has 138 valence electrons. The molecule has 3 N–H and O–H groups in total. The maximum atomic E-state index is 11.9. The lowest BCUT2D eigenvalue weighted by Crippen LogP contribution is -2.30. The molecule has 0 aliphatic rings. The van der Waals surface area contributed by atoms with Gasteiger partial charge in [-0.2, -0.15) is 0 Å². The van der Waals surface area contributed by atoms with Crippen molar-refractivity contribution in [2.45, 2.75) is 0 Å². The quantitative estimate of drug-likeness (QED) is 0.413. The van der Waals surface area contributed by atoms with Gasteiger partial charge in [0.2, 0.25) is 11.6 Å². The Morgan fingerprint density at radius 2 is 1.93 bits per heavy atom. The predicted molar refractivity (Wildman–Crippen MR) is 98.2 cm³/mol. The van der Waals surface area contributed by atoms with E-state index < -0.39 is 16.5 Å². The Labute approximate surface area is 161 Å². The Morgan fingerprint density at radius 1 is 1.15 bits per heavy atom. The van der Waals surface area contributed by atoms with Crippen molar-refractivity contribution in [3.8, 4) is 0 Å². The fourth-order valence-corrected chi connectivity index (χ4v) is 2.40. The average Bonchev–Trinajstić information content (AvgIpc) is 3.18. The second-order valence-corrected chi connectivity index (χ2v) is 5.74.